The second-order valence-corrected chi connectivity index (χ2v) is 4.45. The average Bonchev–Trinajstić information content (AvgIpc) is 2.38. The first-order valence-corrected chi connectivity index (χ1v) is 6.03. The molecule has 106 valence electrons. The largest absolute Gasteiger partial charge is 0.435 e. The zero-order chi connectivity index (χ0) is 14.7. The van der Waals surface area contributed by atoms with Crippen molar-refractivity contribution in [1.29, 1.82) is 0 Å². The summed E-state index contributed by atoms with van der Waals surface area (Å²) in [6.07, 6.45) is -1.21. The van der Waals surface area contributed by atoms with Crippen LogP contribution < -0.4 is 4.74 Å². The molecule has 1 N–H and O–H groups in total. The fourth-order valence-corrected chi connectivity index (χ4v) is 1.89. The molecule has 2 nitrogen and oxygen atoms in total. The molecule has 2 rings (SSSR count). The number of aliphatic hydroxyl groups is 1. The normalized spacial score (nSPS) is 12.5. The first-order chi connectivity index (χ1) is 9.47. The molecule has 0 bridgehead atoms. The number of halogens is 4. The van der Waals surface area contributed by atoms with E-state index < -0.39 is 18.5 Å². The molecule has 0 aliphatic carbocycles. The maximum Gasteiger partial charge on any atom is 0.387 e. The molecule has 0 radical (unpaired) electrons. The number of hydrogen-bond donors (Lipinski definition) is 1. The Morgan fingerprint density at radius 1 is 1.05 bits per heavy atom. The topological polar surface area (TPSA) is 29.5 Å². The molecule has 0 amide bonds. The smallest absolute Gasteiger partial charge is 0.387 e. The summed E-state index contributed by atoms with van der Waals surface area (Å²) in [5, 5.41) is 10.3. The second kappa shape index (κ2) is 6.15. The molecule has 0 aromatic heterocycles. The van der Waals surface area contributed by atoms with Gasteiger partial charge in [-0.05, 0) is 29.8 Å². The van der Waals surface area contributed by atoms with Crippen molar-refractivity contribution in [2.24, 2.45) is 0 Å². The molecule has 0 saturated heterocycles. The Balaban J connectivity index is 2.22. The van der Waals surface area contributed by atoms with E-state index in [9.17, 15) is 18.3 Å². The van der Waals surface area contributed by atoms with Gasteiger partial charge in [0.25, 0.3) is 0 Å². The van der Waals surface area contributed by atoms with Gasteiger partial charge in [-0.3, -0.25) is 0 Å². The maximum absolute atomic E-state index is 13.7. The summed E-state index contributed by atoms with van der Waals surface area (Å²) in [6, 6.07) is 9.24. The van der Waals surface area contributed by atoms with Gasteiger partial charge < -0.3 is 9.84 Å². The van der Waals surface area contributed by atoms with Crippen LogP contribution in [0.15, 0.2) is 42.5 Å². The van der Waals surface area contributed by atoms with Crippen molar-refractivity contribution in [3.63, 3.8) is 0 Å². The monoisotopic (exact) mass is 302 g/mol. The zero-order valence-corrected chi connectivity index (χ0v) is 10.8. The van der Waals surface area contributed by atoms with Crippen LogP contribution in [0.2, 0.25) is 5.02 Å². The Labute approximate surface area is 118 Å². The van der Waals surface area contributed by atoms with Crippen LogP contribution in [0.1, 0.15) is 17.2 Å². The molecule has 1 atom stereocenters. The van der Waals surface area contributed by atoms with Gasteiger partial charge in [0.05, 0.1) is 0 Å². The lowest BCUT2D eigenvalue weighted by atomic mass is 10.0. The Morgan fingerprint density at radius 3 is 2.25 bits per heavy atom. The third-order valence-electron chi connectivity index (χ3n) is 2.68. The van der Waals surface area contributed by atoms with Crippen LogP contribution in [-0.2, 0) is 0 Å². The Kier molecular flexibility index (Phi) is 4.52. The van der Waals surface area contributed by atoms with Gasteiger partial charge in [0.15, 0.2) is 0 Å². The van der Waals surface area contributed by atoms with Crippen LogP contribution >= 0.6 is 11.6 Å². The SMILES string of the molecule is OC(c1ccc(OC(F)F)cc1)c1ccc(Cl)cc1F. The van der Waals surface area contributed by atoms with Crippen LogP contribution in [0.5, 0.6) is 5.75 Å². The predicted octanol–water partition coefficient (Wildman–Crippen LogP) is 4.16. The molecule has 0 saturated carbocycles. The van der Waals surface area contributed by atoms with Gasteiger partial charge >= 0.3 is 6.61 Å². The summed E-state index contributed by atoms with van der Waals surface area (Å²) in [5.74, 6) is -0.676. The van der Waals surface area contributed by atoms with Gasteiger partial charge in [-0.2, -0.15) is 8.78 Å². The summed E-state index contributed by atoms with van der Waals surface area (Å²) in [6.45, 7) is -2.92. The highest BCUT2D eigenvalue weighted by Gasteiger charge is 2.15. The van der Waals surface area contributed by atoms with Crippen molar-refractivity contribution in [3.8, 4) is 5.75 Å². The van der Waals surface area contributed by atoms with Crippen molar-refractivity contribution in [2.45, 2.75) is 12.7 Å². The van der Waals surface area contributed by atoms with Crippen LogP contribution in [0.25, 0.3) is 0 Å². The zero-order valence-electron chi connectivity index (χ0n) is 10.1. The Bertz CT molecular complexity index is 587. The molecule has 0 aliphatic heterocycles. The lowest BCUT2D eigenvalue weighted by Gasteiger charge is -2.13. The number of alkyl halides is 2. The summed E-state index contributed by atoms with van der Waals surface area (Å²) in [7, 11) is 0. The van der Waals surface area contributed by atoms with Crippen molar-refractivity contribution in [3.05, 3.63) is 64.4 Å². The van der Waals surface area contributed by atoms with Crippen molar-refractivity contribution in [1.82, 2.24) is 0 Å². The van der Waals surface area contributed by atoms with E-state index in [2.05, 4.69) is 4.74 Å². The summed E-state index contributed by atoms with van der Waals surface area (Å²) in [4.78, 5) is 0. The van der Waals surface area contributed by atoms with E-state index in [1.54, 1.807) is 0 Å². The number of hydrogen-bond acceptors (Lipinski definition) is 2. The minimum Gasteiger partial charge on any atom is -0.435 e. The molecule has 20 heavy (non-hydrogen) atoms. The van der Waals surface area contributed by atoms with Crippen LogP contribution in [0.3, 0.4) is 0 Å². The van der Waals surface area contributed by atoms with E-state index in [0.717, 1.165) is 6.07 Å². The van der Waals surface area contributed by atoms with Gasteiger partial charge in [-0.1, -0.05) is 29.8 Å². The highest BCUT2D eigenvalue weighted by atomic mass is 35.5. The standard InChI is InChI=1S/C14H10ClF3O2/c15-9-3-6-11(12(16)7-9)13(19)8-1-4-10(5-2-8)20-14(17)18/h1-7,13-14,19H. The molecule has 2 aromatic carbocycles. The molecular formula is C14H10ClF3O2. The van der Waals surface area contributed by atoms with Crippen molar-refractivity contribution in [2.75, 3.05) is 0 Å². The van der Waals surface area contributed by atoms with Crippen LogP contribution in [0, 0.1) is 5.82 Å². The summed E-state index contributed by atoms with van der Waals surface area (Å²) in [5.41, 5.74) is 0.407. The van der Waals surface area contributed by atoms with E-state index in [4.69, 9.17) is 11.6 Å². The molecule has 6 heteroatoms. The van der Waals surface area contributed by atoms with E-state index >= 15 is 0 Å². The minimum atomic E-state index is -2.92. The first-order valence-electron chi connectivity index (χ1n) is 5.65. The fourth-order valence-electron chi connectivity index (χ4n) is 1.73. The summed E-state index contributed by atoms with van der Waals surface area (Å²) < 4.78 is 41.9. The quantitative estimate of drug-likeness (QED) is 0.919. The van der Waals surface area contributed by atoms with E-state index in [-0.39, 0.29) is 16.3 Å². The minimum absolute atomic E-state index is 0.0347. The Hall–Kier alpha value is -1.72. The third kappa shape index (κ3) is 3.43. The fraction of sp³-hybridized carbons (Fsp3) is 0.143. The molecule has 0 spiro atoms. The number of aliphatic hydroxyl groups excluding tert-OH is 1. The van der Waals surface area contributed by atoms with Gasteiger partial charge in [0.2, 0.25) is 0 Å². The highest BCUT2D eigenvalue weighted by Crippen LogP contribution is 2.27. The van der Waals surface area contributed by atoms with Gasteiger partial charge in [-0.25, -0.2) is 4.39 Å². The summed E-state index contributed by atoms with van der Waals surface area (Å²) >= 11 is 5.63. The highest BCUT2D eigenvalue weighted by molar-refractivity contribution is 6.30. The average molecular weight is 303 g/mol. The molecule has 0 heterocycles. The lowest BCUT2D eigenvalue weighted by molar-refractivity contribution is -0.0498. The van der Waals surface area contributed by atoms with Crippen LogP contribution in [0.4, 0.5) is 13.2 Å². The Morgan fingerprint density at radius 2 is 1.70 bits per heavy atom. The maximum atomic E-state index is 13.7. The molecule has 0 fully saturated rings. The van der Waals surface area contributed by atoms with Crippen LogP contribution in [-0.4, -0.2) is 11.7 Å². The van der Waals surface area contributed by atoms with E-state index in [1.807, 2.05) is 0 Å². The molecule has 1 unspecified atom stereocenters. The van der Waals surface area contributed by atoms with Gasteiger partial charge in [-0.15, -0.1) is 0 Å². The van der Waals surface area contributed by atoms with E-state index in [1.165, 1.54) is 36.4 Å². The second-order valence-electron chi connectivity index (χ2n) is 4.02. The van der Waals surface area contributed by atoms with E-state index in [0.29, 0.717) is 5.56 Å². The predicted molar refractivity (Wildman–Crippen MR) is 68.5 cm³/mol. The molecule has 2 aromatic rings. The van der Waals surface area contributed by atoms with Gasteiger partial charge in [0, 0.05) is 10.6 Å². The van der Waals surface area contributed by atoms with Crippen molar-refractivity contribution < 1.29 is 23.0 Å². The molecular weight excluding hydrogens is 293 g/mol. The first kappa shape index (κ1) is 14.7. The lowest BCUT2D eigenvalue weighted by Crippen LogP contribution is -2.04. The number of rotatable bonds is 4. The number of ether oxygens (including phenoxy) is 1. The number of benzene rings is 2. The molecule has 0 aliphatic rings. The van der Waals surface area contributed by atoms with Gasteiger partial charge in [0.1, 0.15) is 17.7 Å². The third-order valence-corrected chi connectivity index (χ3v) is 2.91. The van der Waals surface area contributed by atoms with Crippen molar-refractivity contribution >= 4 is 11.6 Å².